The van der Waals surface area contributed by atoms with Crippen LogP contribution in [0.4, 0.5) is 17.1 Å². The lowest BCUT2D eigenvalue weighted by atomic mass is 10.1. The average molecular weight is 304 g/mol. The molecule has 20 heavy (non-hydrogen) atoms. The smallest absolute Gasteiger partial charge is 0.0957 e. The molecule has 3 aromatic rings. The molecule has 5 heteroatoms. The largest absolute Gasteiger partial charge is 0.398 e. The van der Waals surface area contributed by atoms with Gasteiger partial charge in [0.15, 0.2) is 0 Å². The Morgan fingerprint density at radius 3 is 2.70 bits per heavy atom. The summed E-state index contributed by atoms with van der Waals surface area (Å²) >= 11 is 12.2. The number of rotatable bonds is 2. The Morgan fingerprint density at radius 1 is 1.00 bits per heavy atom. The minimum Gasteiger partial charge on any atom is -0.398 e. The molecular formula is C15H11Cl2N3. The van der Waals surface area contributed by atoms with E-state index in [1.165, 1.54) is 0 Å². The molecular weight excluding hydrogens is 293 g/mol. The molecule has 0 aliphatic carbocycles. The average Bonchev–Trinajstić information content (AvgIpc) is 2.46. The Bertz CT molecular complexity index is 787. The Labute approximate surface area is 126 Å². The second-order valence-electron chi connectivity index (χ2n) is 4.35. The minimum absolute atomic E-state index is 0.593. The molecule has 0 aliphatic rings. The van der Waals surface area contributed by atoms with Crippen molar-refractivity contribution >= 4 is 51.2 Å². The Morgan fingerprint density at radius 2 is 1.85 bits per heavy atom. The van der Waals surface area contributed by atoms with Gasteiger partial charge in [0.25, 0.3) is 0 Å². The molecule has 0 atom stereocenters. The van der Waals surface area contributed by atoms with E-state index >= 15 is 0 Å². The van der Waals surface area contributed by atoms with E-state index in [2.05, 4.69) is 10.3 Å². The van der Waals surface area contributed by atoms with Gasteiger partial charge in [-0.3, -0.25) is 4.98 Å². The zero-order valence-electron chi connectivity index (χ0n) is 10.4. The molecule has 0 bridgehead atoms. The molecule has 0 unspecified atom stereocenters. The molecule has 3 nitrogen and oxygen atoms in total. The topological polar surface area (TPSA) is 50.9 Å². The number of nitrogens with one attached hydrogen (secondary N) is 1. The fourth-order valence-corrected chi connectivity index (χ4v) is 2.37. The Kier molecular flexibility index (Phi) is 3.38. The maximum atomic E-state index is 6.16. The van der Waals surface area contributed by atoms with Crippen molar-refractivity contribution in [3.63, 3.8) is 0 Å². The number of benzene rings is 2. The highest BCUT2D eigenvalue weighted by atomic mass is 35.5. The zero-order chi connectivity index (χ0) is 14.1. The van der Waals surface area contributed by atoms with Gasteiger partial charge in [-0.05, 0) is 42.5 Å². The number of halogens is 2. The van der Waals surface area contributed by atoms with Crippen LogP contribution in [-0.4, -0.2) is 4.98 Å². The van der Waals surface area contributed by atoms with Gasteiger partial charge in [0, 0.05) is 22.3 Å². The summed E-state index contributed by atoms with van der Waals surface area (Å²) in [6.07, 6.45) is 1.73. The number of nitrogens with zero attached hydrogens (tertiary/aromatic N) is 1. The third-order valence-corrected chi connectivity index (χ3v) is 3.57. The molecule has 1 aromatic heterocycles. The summed E-state index contributed by atoms with van der Waals surface area (Å²) in [5, 5.41) is 5.36. The maximum Gasteiger partial charge on any atom is 0.0957 e. The first-order valence-corrected chi connectivity index (χ1v) is 6.76. The Balaban J connectivity index is 2.11. The molecule has 3 rings (SSSR count). The van der Waals surface area contributed by atoms with E-state index in [1.807, 2.05) is 24.3 Å². The number of nitrogens with two attached hydrogens (primary N) is 1. The fourth-order valence-electron chi connectivity index (χ4n) is 2.03. The molecule has 0 aliphatic heterocycles. The lowest BCUT2D eigenvalue weighted by Gasteiger charge is -2.12. The highest BCUT2D eigenvalue weighted by molar-refractivity contribution is 6.35. The lowest BCUT2D eigenvalue weighted by Crippen LogP contribution is -1.96. The van der Waals surface area contributed by atoms with Gasteiger partial charge in [-0.25, -0.2) is 0 Å². The first kappa shape index (κ1) is 13.0. The van der Waals surface area contributed by atoms with Crippen LogP contribution in [0.3, 0.4) is 0 Å². The summed E-state index contributed by atoms with van der Waals surface area (Å²) in [6.45, 7) is 0. The summed E-state index contributed by atoms with van der Waals surface area (Å²) < 4.78 is 0. The van der Waals surface area contributed by atoms with E-state index in [0.717, 1.165) is 22.3 Å². The molecule has 0 saturated heterocycles. The van der Waals surface area contributed by atoms with E-state index < -0.39 is 0 Å². The summed E-state index contributed by atoms with van der Waals surface area (Å²) in [5.74, 6) is 0. The van der Waals surface area contributed by atoms with Gasteiger partial charge in [0.1, 0.15) is 0 Å². The van der Waals surface area contributed by atoms with Gasteiger partial charge < -0.3 is 11.1 Å². The SMILES string of the molecule is Nc1ccc(Nc2cc(Cl)ccc2Cl)c2ncccc12. The van der Waals surface area contributed by atoms with Crippen molar-refractivity contribution in [2.45, 2.75) is 0 Å². The first-order valence-electron chi connectivity index (χ1n) is 6.00. The number of pyridine rings is 1. The third-order valence-electron chi connectivity index (χ3n) is 3.00. The van der Waals surface area contributed by atoms with Gasteiger partial charge in [0.2, 0.25) is 0 Å². The standard InChI is InChI=1S/C15H11Cl2N3/c16-9-3-4-11(17)14(8-9)20-13-6-5-12(18)10-2-1-7-19-15(10)13/h1-8,20H,18H2. The lowest BCUT2D eigenvalue weighted by molar-refractivity contribution is 1.40. The van der Waals surface area contributed by atoms with Crippen LogP contribution in [0.15, 0.2) is 48.7 Å². The van der Waals surface area contributed by atoms with Crippen molar-refractivity contribution in [1.29, 1.82) is 0 Å². The van der Waals surface area contributed by atoms with Gasteiger partial charge in [-0.15, -0.1) is 0 Å². The highest BCUT2D eigenvalue weighted by Crippen LogP contribution is 2.32. The summed E-state index contributed by atoms with van der Waals surface area (Å²) in [7, 11) is 0. The molecule has 3 N–H and O–H groups in total. The zero-order valence-corrected chi connectivity index (χ0v) is 11.9. The van der Waals surface area contributed by atoms with Crippen LogP contribution in [0.2, 0.25) is 10.0 Å². The van der Waals surface area contributed by atoms with Crippen molar-refractivity contribution in [2.75, 3.05) is 11.1 Å². The Hall–Kier alpha value is -1.97. The van der Waals surface area contributed by atoms with Crippen molar-refractivity contribution in [1.82, 2.24) is 4.98 Å². The third kappa shape index (κ3) is 2.38. The second-order valence-corrected chi connectivity index (χ2v) is 5.19. The number of aromatic nitrogens is 1. The van der Waals surface area contributed by atoms with Crippen LogP contribution >= 0.6 is 23.2 Å². The van der Waals surface area contributed by atoms with Gasteiger partial charge in [0.05, 0.1) is 21.9 Å². The predicted octanol–water partition coefficient (Wildman–Crippen LogP) is 4.87. The van der Waals surface area contributed by atoms with Crippen molar-refractivity contribution < 1.29 is 0 Å². The van der Waals surface area contributed by atoms with Crippen LogP contribution < -0.4 is 11.1 Å². The molecule has 100 valence electrons. The van der Waals surface area contributed by atoms with Crippen LogP contribution in [0.1, 0.15) is 0 Å². The molecule has 0 spiro atoms. The summed E-state index contributed by atoms with van der Waals surface area (Å²) in [6, 6.07) is 12.8. The molecule has 1 heterocycles. The predicted molar refractivity (Wildman–Crippen MR) is 85.9 cm³/mol. The fraction of sp³-hybridized carbons (Fsp3) is 0. The number of nitrogen functional groups attached to an aromatic ring is 1. The van der Waals surface area contributed by atoms with Crippen molar-refractivity contribution in [3.05, 3.63) is 58.7 Å². The van der Waals surface area contributed by atoms with Crippen LogP contribution in [-0.2, 0) is 0 Å². The molecule has 0 fully saturated rings. The molecule has 2 aromatic carbocycles. The van der Waals surface area contributed by atoms with Gasteiger partial charge in [-0.2, -0.15) is 0 Å². The molecule has 0 amide bonds. The molecule has 0 radical (unpaired) electrons. The quantitative estimate of drug-likeness (QED) is 0.664. The highest BCUT2D eigenvalue weighted by Gasteiger charge is 2.07. The van der Waals surface area contributed by atoms with E-state index in [0.29, 0.717) is 15.7 Å². The van der Waals surface area contributed by atoms with E-state index in [9.17, 15) is 0 Å². The van der Waals surface area contributed by atoms with Crippen molar-refractivity contribution in [2.24, 2.45) is 0 Å². The summed E-state index contributed by atoms with van der Waals surface area (Å²) in [5.41, 5.74) is 9.01. The van der Waals surface area contributed by atoms with E-state index in [1.54, 1.807) is 24.4 Å². The van der Waals surface area contributed by atoms with E-state index in [-0.39, 0.29) is 0 Å². The number of anilines is 3. The number of hydrogen-bond acceptors (Lipinski definition) is 3. The minimum atomic E-state index is 0.593. The summed E-state index contributed by atoms with van der Waals surface area (Å²) in [4.78, 5) is 4.37. The van der Waals surface area contributed by atoms with E-state index in [4.69, 9.17) is 28.9 Å². The monoisotopic (exact) mass is 303 g/mol. The second kappa shape index (κ2) is 5.19. The van der Waals surface area contributed by atoms with Gasteiger partial charge in [-0.1, -0.05) is 23.2 Å². The van der Waals surface area contributed by atoms with Crippen LogP contribution in [0.25, 0.3) is 10.9 Å². The molecule has 0 saturated carbocycles. The number of hydrogen-bond donors (Lipinski definition) is 2. The van der Waals surface area contributed by atoms with Crippen LogP contribution in [0.5, 0.6) is 0 Å². The van der Waals surface area contributed by atoms with Crippen LogP contribution in [0, 0.1) is 0 Å². The maximum absolute atomic E-state index is 6.16. The number of fused-ring (bicyclic) bond motifs is 1. The normalized spacial score (nSPS) is 10.7. The van der Waals surface area contributed by atoms with Gasteiger partial charge >= 0.3 is 0 Å². The first-order chi connectivity index (χ1) is 9.65. The van der Waals surface area contributed by atoms with Crippen molar-refractivity contribution in [3.8, 4) is 0 Å².